The van der Waals surface area contributed by atoms with Crippen molar-refractivity contribution < 1.29 is 39.2 Å². The molecule has 31 heavy (non-hydrogen) atoms. The molecule has 154 valence electrons. The van der Waals surface area contributed by atoms with Crippen LogP contribution in [-0.2, 0) is 0 Å². The van der Waals surface area contributed by atoms with Crippen molar-refractivity contribution in [1.29, 1.82) is 0 Å². The smallest absolute Gasteiger partial charge is 0.484 e. The van der Waals surface area contributed by atoms with E-state index >= 15 is 0 Å². The van der Waals surface area contributed by atoms with Gasteiger partial charge in [-0.25, -0.2) is 0 Å². The highest BCUT2D eigenvalue weighted by molar-refractivity contribution is 7.51. The van der Waals surface area contributed by atoms with E-state index in [4.69, 9.17) is 4.74 Å². The zero-order chi connectivity index (χ0) is 22.3. The third-order valence-corrected chi connectivity index (χ3v) is 7.81. The fraction of sp³-hybridized carbons (Fsp3) is 0. The van der Waals surface area contributed by atoms with Gasteiger partial charge in [0.1, 0.15) is 5.75 Å². The second-order valence-electron chi connectivity index (χ2n) is 6.89. The van der Waals surface area contributed by atoms with Crippen molar-refractivity contribution in [3.05, 3.63) is 66.7 Å². The minimum atomic E-state index is -5.60. The average Bonchev–Trinajstić information content (AvgIpc) is 2.72. The molecule has 0 aromatic heterocycles. The number of fused-ring (bicyclic) bond motifs is 4. The fourth-order valence-electron chi connectivity index (χ4n) is 3.55. The summed E-state index contributed by atoms with van der Waals surface area (Å²) in [5.74, 6) is -0.113. The number of ether oxygens (including phenoxy) is 1. The maximum Gasteiger partial charge on any atom is 0.545 e. The first-order valence-corrected chi connectivity index (χ1v) is 11.0. The maximum absolute atomic E-state index is 12.5. The maximum atomic E-state index is 12.5. The first-order valence-electron chi connectivity index (χ1n) is 9.03. The summed E-state index contributed by atoms with van der Waals surface area (Å²) in [5, 5.41) is 32.7. The van der Waals surface area contributed by atoms with Gasteiger partial charge in [-0.15, -0.1) is 0 Å². The van der Waals surface area contributed by atoms with Crippen molar-refractivity contribution >= 4 is 62.8 Å². The topological polar surface area (TPSA) is 138 Å². The number of hydrogen-bond acceptors (Lipinski definition) is 5. The lowest BCUT2D eigenvalue weighted by Gasteiger charge is -2.16. The second-order valence-corrected chi connectivity index (χ2v) is 10.1. The van der Waals surface area contributed by atoms with Crippen LogP contribution in [0.15, 0.2) is 66.7 Å². The molecule has 0 heterocycles. The molecule has 0 saturated heterocycles. The molecule has 0 bridgehead atoms. The molecule has 0 amide bonds. The van der Waals surface area contributed by atoms with Crippen LogP contribution in [0.4, 0.5) is 19.2 Å². The normalized spacial score (nSPS) is 11.5. The standard InChI is InChI=1S/C22H14O8Si/c23-19(24)31(20(25)26,21(27)28)22(29)30-18-7-3-6-15-16(18)9-8-14-10-12-4-1-2-5-13(12)11-17(14)15/h1-11H,(H,23,24)(H,25,26)(H,27,28). The lowest BCUT2D eigenvalue weighted by molar-refractivity contribution is 0.196. The van der Waals surface area contributed by atoms with E-state index in [-0.39, 0.29) is 5.75 Å². The molecule has 0 unspecified atom stereocenters. The lowest BCUT2D eigenvalue weighted by Crippen LogP contribution is -2.65. The molecule has 0 aliphatic heterocycles. The molecule has 0 fully saturated rings. The van der Waals surface area contributed by atoms with Gasteiger partial charge in [0.25, 0.3) is 0 Å². The summed E-state index contributed by atoms with van der Waals surface area (Å²) in [6, 6.07) is 19.9. The second kappa shape index (κ2) is 7.22. The molecular formula is C22H14O8Si. The summed E-state index contributed by atoms with van der Waals surface area (Å²) < 4.78 is 5.09. The molecule has 4 aromatic rings. The highest BCUT2D eigenvalue weighted by atomic mass is 28.3. The quantitative estimate of drug-likeness (QED) is 0.214. The lowest BCUT2D eigenvalue weighted by atomic mass is 9.98. The number of carbonyl (C=O) groups excluding carboxylic acids is 1. The number of carbonyl (C=O) groups is 4. The van der Waals surface area contributed by atoms with Crippen molar-refractivity contribution in [3.8, 4) is 5.75 Å². The van der Waals surface area contributed by atoms with Crippen LogP contribution in [0, 0.1) is 0 Å². The van der Waals surface area contributed by atoms with E-state index in [0.717, 1.165) is 21.5 Å². The van der Waals surface area contributed by atoms with Crippen molar-refractivity contribution in [1.82, 2.24) is 0 Å². The van der Waals surface area contributed by atoms with Crippen LogP contribution in [0.1, 0.15) is 0 Å². The summed E-state index contributed by atoms with van der Waals surface area (Å²) in [6.45, 7) is 0. The van der Waals surface area contributed by atoms with Crippen LogP contribution in [-0.4, -0.2) is 45.8 Å². The van der Waals surface area contributed by atoms with E-state index in [0.29, 0.717) is 10.8 Å². The van der Waals surface area contributed by atoms with Crippen molar-refractivity contribution in [2.24, 2.45) is 0 Å². The van der Waals surface area contributed by atoms with E-state index < -0.39 is 30.4 Å². The molecule has 0 atom stereocenters. The Balaban J connectivity index is 1.88. The van der Waals surface area contributed by atoms with Crippen molar-refractivity contribution in [3.63, 3.8) is 0 Å². The van der Waals surface area contributed by atoms with Gasteiger partial charge in [-0.05, 0) is 51.2 Å². The van der Waals surface area contributed by atoms with Crippen molar-refractivity contribution in [2.75, 3.05) is 0 Å². The number of hydrogen-bond donors (Lipinski definition) is 3. The van der Waals surface area contributed by atoms with Crippen LogP contribution >= 0.6 is 0 Å². The van der Waals surface area contributed by atoms with E-state index in [1.807, 2.05) is 36.4 Å². The van der Waals surface area contributed by atoms with Gasteiger partial charge in [-0.1, -0.05) is 42.5 Å². The summed E-state index contributed by atoms with van der Waals surface area (Å²) in [7, 11) is -5.60. The Morgan fingerprint density at radius 3 is 1.84 bits per heavy atom. The van der Waals surface area contributed by atoms with Gasteiger partial charge in [0.15, 0.2) is 0 Å². The molecule has 3 N–H and O–H groups in total. The molecule has 4 rings (SSSR count). The van der Waals surface area contributed by atoms with Crippen LogP contribution in [0.3, 0.4) is 0 Å². The van der Waals surface area contributed by atoms with E-state index in [1.54, 1.807) is 24.3 Å². The van der Waals surface area contributed by atoms with Gasteiger partial charge in [0.05, 0.1) is 0 Å². The van der Waals surface area contributed by atoms with Crippen LogP contribution < -0.4 is 4.74 Å². The molecule has 0 spiro atoms. The number of carboxylic acid groups (broad SMARTS) is 3. The summed E-state index contributed by atoms with van der Waals surface area (Å²) in [4.78, 5) is 47.0. The van der Waals surface area contributed by atoms with Gasteiger partial charge < -0.3 is 20.1 Å². The van der Waals surface area contributed by atoms with Crippen LogP contribution in [0.5, 0.6) is 5.75 Å². The largest absolute Gasteiger partial charge is 0.545 e. The first-order chi connectivity index (χ1) is 14.8. The van der Waals surface area contributed by atoms with Gasteiger partial charge in [-0.3, -0.25) is 19.2 Å². The molecule has 4 aromatic carbocycles. The average molecular weight is 434 g/mol. The highest BCUT2D eigenvalue weighted by Crippen LogP contribution is 2.34. The number of rotatable bonds is 5. The summed E-state index contributed by atoms with van der Waals surface area (Å²) in [5.41, 5.74) is -8.43. The van der Waals surface area contributed by atoms with Gasteiger partial charge >= 0.3 is 30.4 Å². The fourth-order valence-corrected chi connectivity index (χ4v) is 4.89. The monoisotopic (exact) mass is 434 g/mol. The Bertz CT molecular complexity index is 1390. The molecule has 0 aliphatic rings. The third-order valence-electron chi connectivity index (χ3n) is 5.17. The molecule has 0 aliphatic carbocycles. The molecule has 0 radical (unpaired) electrons. The Kier molecular flexibility index (Phi) is 4.67. The van der Waals surface area contributed by atoms with Crippen LogP contribution in [0.25, 0.3) is 32.3 Å². The zero-order valence-corrected chi connectivity index (χ0v) is 16.7. The van der Waals surface area contributed by atoms with Crippen LogP contribution in [0.2, 0.25) is 0 Å². The van der Waals surface area contributed by atoms with E-state index in [1.165, 1.54) is 6.07 Å². The molecular weight excluding hydrogens is 420 g/mol. The third kappa shape index (κ3) is 2.99. The van der Waals surface area contributed by atoms with Gasteiger partial charge in [0.2, 0.25) is 0 Å². The predicted octanol–water partition coefficient (Wildman–Crippen LogP) is 5.45. The number of benzene rings is 4. The Morgan fingerprint density at radius 1 is 0.613 bits per heavy atom. The zero-order valence-electron chi connectivity index (χ0n) is 15.7. The molecule has 8 nitrogen and oxygen atoms in total. The summed E-state index contributed by atoms with van der Waals surface area (Å²) >= 11 is 0. The van der Waals surface area contributed by atoms with E-state index in [2.05, 4.69) is 0 Å². The predicted molar refractivity (Wildman–Crippen MR) is 115 cm³/mol. The summed E-state index contributed by atoms with van der Waals surface area (Å²) in [6.07, 6.45) is 0. The minimum Gasteiger partial charge on any atom is -0.484 e. The highest BCUT2D eigenvalue weighted by Gasteiger charge is 2.69. The Morgan fingerprint density at radius 2 is 1.23 bits per heavy atom. The first kappa shape index (κ1) is 20.0. The molecule has 0 saturated carbocycles. The minimum absolute atomic E-state index is 0.113. The molecule has 9 heteroatoms. The SMILES string of the molecule is O=C(O)[Si](C(=O)O)(C(=O)O)C(=O)Oc1cccc2c1ccc1cc3ccccc3cc12. The van der Waals surface area contributed by atoms with Gasteiger partial charge in [0, 0.05) is 5.39 Å². The Hall–Kier alpha value is -4.24. The van der Waals surface area contributed by atoms with Gasteiger partial charge in [-0.2, -0.15) is 0 Å². The van der Waals surface area contributed by atoms with Crippen molar-refractivity contribution in [2.45, 2.75) is 0 Å². The van der Waals surface area contributed by atoms with E-state index in [9.17, 15) is 34.5 Å². The Labute approximate surface area is 174 Å².